The second kappa shape index (κ2) is 8.23. The number of hydrogen-bond acceptors (Lipinski definition) is 4. The molecule has 0 radical (unpaired) electrons. The Bertz CT molecular complexity index is 782. The Morgan fingerprint density at radius 2 is 2.07 bits per heavy atom. The molecule has 2 aliphatic heterocycles. The van der Waals surface area contributed by atoms with E-state index in [9.17, 15) is 4.79 Å². The molecular weight excluding hydrogens is 340 g/mol. The Morgan fingerprint density at radius 1 is 1.22 bits per heavy atom. The normalized spacial score (nSPS) is 21.4. The van der Waals surface area contributed by atoms with Gasteiger partial charge in [-0.2, -0.15) is 0 Å². The number of ether oxygens (including phenoxy) is 1. The summed E-state index contributed by atoms with van der Waals surface area (Å²) in [5.41, 5.74) is 1.74. The molecule has 1 unspecified atom stereocenters. The molecule has 0 spiro atoms. The van der Waals surface area contributed by atoms with Gasteiger partial charge in [0.2, 0.25) is 0 Å². The van der Waals surface area contributed by atoms with Crippen molar-refractivity contribution in [3.05, 3.63) is 42.2 Å². The Morgan fingerprint density at radius 3 is 2.85 bits per heavy atom. The molecule has 0 bridgehead atoms. The number of nitrogens with zero attached hydrogens (tertiary/aromatic N) is 4. The van der Waals surface area contributed by atoms with Crippen LogP contribution in [0.5, 0.6) is 0 Å². The van der Waals surface area contributed by atoms with Crippen LogP contribution in [0.4, 0.5) is 0 Å². The molecule has 2 aliphatic rings. The highest BCUT2D eigenvalue weighted by Crippen LogP contribution is 2.23. The number of imidazole rings is 1. The third-order valence-corrected chi connectivity index (χ3v) is 5.65. The lowest BCUT2D eigenvalue weighted by molar-refractivity contribution is 0.0166. The van der Waals surface area contributed by atoms with Gasteiger partial charge in [-0.3, -0.25) is 9.69 Å². The first-order valence-electron chi connectivity index (χ1n) is 9.91. The molecule has 2 aromatic rings. The van der Waals surface area contributed by atoms with E-state index in [0.717, 1.165) is 69.2 Å². The minimum absolute atomic E-state index is 0.143. The molecule has 2 saturated heterocycles. The van der Waals surface area contributed by atoms with Crippen LogP contribution < -0.4 is 0 Å². The summed E-state index contributed by atoms with van der Waals surface area (Å²) >= 11 is 0. The van der Waals surface area contributed by atoms with Gasteiger partial charge in [-0.25, -0.2) is 4.98 Å². The van der Waals surface area contributed by atoms with Crippen molar-refractivity contribution in [3.63, 3.8) is 0 Å². The maximum Gasteiger partial charge on any atom is 0.254 e. The average Bonchev–Trinajstić information content (AvgIpc) is 3.15. The van der Waals surface area contributed by atoms with Crippen molar-refractivity contribution in [2.75, 3.05) is 39.4 Å². The number of morpholine rings is 1. The van der Waals surface area contributed by atoms with Crippen LogP contribution in [-0.4, -0.2) is 70.7 Å². The van der Waals surface area contributed by atoms with Gasteiger partial charge in [-0.1, -0.05) is 12.1 Å². The quantitative estimate of drug-likeness (QED) is 0.832. The number of likely N-dealkylation sites (tertiary alicyclic amines) is 1. The topological polar surface area (TPSA) is 50.6 Å². The van der Waals surface area contributed by atoms with E-state index in [-0.39, 0.29) is 5.91 Å². The average molecular weight is 368 g/mol. The fraction of sp³-hybridized carbons (Fsp3) is 0.524. The number of carbonyl (C=O) groups excluding carboxylic acids is 1. The van der Waals surface area contributed by atoms with Crippen LogP contribution in [0.25, 0.3) is 11.4 Å². The van der Waals surface area contributed by atoms with E-state index in [4.69, 9.17) is 4.74 Å². The molecule has 1 atom stereocenters. The largest absolute Gasteiger partial charge is 0.379 e. The molecule has 0 aliphatic carbocycles. The molecule has 1 amide bonds. The first-order chi connectivity index (χ1) is 13.2. The highest BCUT2D eigenvalue weighted by Gasteiger charge is 2.29. The van der Waals surface area contributed by atoms with Gasteiger partial charge in [0.25, 0.3) is 5.91 Å². The molecule has 27 heavy (non-hydrogen) atoms. The van der Waals surface area contributed by atoms with E-state index in [1.54, 1.807) is 6.20 Å². The van der Waals surface area contributed by atoms with E-state index in [1.807, 2.05) is 42.1 Å². The maximum absolute atomic E-state index is 13.3. The summed E-state index contributed by atoms with van der Waals surface area (Å²) in [5.74, 6) is 1.03. The van der Waals surface area contributed by atoms with Crippen LogP contribution in [0.15, 0.2) is 36.7 Å². The predicted octanol–water partition coefficient (Wildman–Crippen LogP) is 2.41. The minimum Gasteiger partial charge on any atom is -0.379 e. The van der Waals surface area contributed by atoms with Crippen LogP contribution in [0.2, 0.25) is 0 Å². The second-order valence-corrected chi connectivity index (χ2v) is 7.50. The molecular formula is C21H28N4O2. The summed E-state index contributed by atoms with van der Waals surface area (Å²) in [6.45, 7) is 5.33. The van der Waals surface area contributed by atoms with Crippen LogP contribution in [0, 0.1) is 0 Å². The summed E-state index contributed by atoms with van der Waals surface area (Å²) in [6, 6.07) is 8.17. The van der Waals surface area contributed by atoms with Gasteiger partial charge >= 0.3 is 0 Å². The fourth-order valence-corrected chi connectivity index (χ4v) is 4.14. The van der Waals surface area contributed by atoms with Crippen molar-refractivity contribution in [2.45, 2.75) is 25.3 Å². The summed E-state index contributed by atoms with van der Waals surface area (Å²) in [7, 11) is 1.97. The molecule has 6 heteroatoms. The highest BCUT2D eigenvalue weighted by molar-refractivity contribution is 5.95. The smallest absolute Gasteiger partial charge is 0.254 e. The zero-order chi connectivity index (χ0) is 18.6. The van der Waals surface area contributed by atoms with Crippen molar-refractivity contribution in [1.29, 1.82) is 0 Å². The van der Waals surface area contributed by atoms with E-state index < -0.39 is 0 Å². The summed E-state index contributed by atoms with van der Waals surface area (Å²) < 4.78 is 7.44. The van der Waals surface area contributed by atoms with Crippen LogP contribution in [0.3, 0.4) is 0 Å². The number of rotatable bonds is 4. The summed E-state index contributed by atoms with van der Waals surface area (Å²) in [6.07, 6.45) is 7.08. The first-order valence-corrected chi connectivity index (χ1v) is 9.91. The summed E-state index contributed by atoms with van der Waals surface area (Å²) in [5, 5.41) is 0. The Hall–Kier alpha value is -2.18. The van der Waals surface area contributed by atoms with Gasteiger partial charge in [0.15, 0.2) is 0 Å². The third kappa shape index (κ3) is 4.06. The third-order valence-electron chi connectivity index (χ3n) is 5.65. The number of piperidine rings is 1. The molecule has 0 N–H and O–H groups in total. The Kier molecular flexibility index (Phi) is 5.55. The number of amides is 1. The fourth-order valence-electron chi connectivity index (χ4n) is 4.14. The highest BCUT2D eigenvalue weighted by atomic mass is 16.5. The van der Waals surface area contributed by atoms with E-state index in [2.05, 4.69) is 14.8 Å². The van der Waals surface area contributed by atoms with Gasteiger partial charge in [0.1, 0.15) is 5.82 Å². The zero-order valence-corrected chi connectivity index (χ0v) is 16.0. The SMILES string of the molecule is Cn1ccnc1-c1cccc(C(=O)N2CCCCC2CN2CCOCC2)c1. The monoisotopic (exact) mass is 368 g/mol. The van der Waals surface area contributed by atoms with Gasteiger partial charge in [-0.05, 0) is 31.4 Å². The van der Waals surface area contributed by atoms with E-state index >= 15 is 0 Å². The number of aryl methyl sites for hydroxylation is 1. The van der Waals surface area contributed by atoms with Crippen molar-refractivity contribution < 1.29 is 9.53 Å². The number of hydrogen-bond donors (Lipinski definition) is 0. The molecule has 1 aromatic heterocycles. The van der Waals surface area contributed by atoms with Gasteiger partial charge in [0.05, 0.1) is 13.2 Å². The Balaban J connectivity index is 1.52. The molecule has 0 saturated carbocycles. The molecule has 3 heterocycles. The summed E-state index contributed by atoms with van der Waals surface area (Å²) in [4.78, 5) is 22.3. The van der Waals surface area contributed by atoms with E-state index in [0.29, 0.717) is 6.04 Å². The van der Waals surface area contributed by atoms with Gasteiger partial charge in [-0.15, -0.1) is 0 Å². The lowest BCUT2D eigenvalue weighted by atomic mass is 9.99. The van der Waals surface area contributed by atoms with Crippen molar-refractivity contribution in [2.24, 2.45) is 7.05 Å². The molecule has 1 aromatic carbocycles. The van der Waals surface area contributed by atoms with Gasteiger partial charge < -0.3 is 14.2 Å². The van der Waals surface area contributed by atoms with Gasteiger partial charge in [0, 0.05) is 62.8 Å². The lowest BCUT2D eigenvalue weighted by Crippen LogP contribution is -2.51. The number of carbonyl (C=O) groups is 1. The van der Waals surface area contributed by atoms with Crippen LogP contribution in [-0.2, 0) is 11.8 Å². The predicted molar refractivity (Wildman–Crippen MR) is 105 cm³/mol. The first kappa shape index (κ1) is 18.2. The molecule has 144 valence electrons. The second-order valence-electron chi connectivity index (χ2n) is 7.50. The molecule has 6 nitrogen and oxygen atoms in total. The van der Waals surface area contributed by atoms with Crippen molar-refractivity contribution in [1.82, 2.24) is 19.4 Å². The number of aromatic nitrogens is 2. The maximum atomic E-state index is 13.3. The number of benzene rings is 1. The standard InChI is InChI=1S/C21H28N4O2/c1-23-10-8-22-20(23)17-5-4-6-18(15-17)21(26)25-9-3-2-7-19(25)16-24-11-13-27-14-12-24/h4-6,8,10,15,19H,2-3,7,9,11-14,16H2,1H3. The lowest BCUT2D eigenvalue weighted by Gasteiger charge is -2.39. The van der Waals surface area contributed by atoms with Crippen molar-refractivity contribution >= 4 is 5.91 Å². The van der Waals surface area contributed by atoms with Crippen molar-refractivity contribution in [3.8, 4) is 11.4 Å². The van der Waals surface area contributed by atoms with Crippen LogP contribution in [0.1, 0.15) is 29.6 Å². The zero-order valence-electron chi connectivity index (χ0n) is 16.0. The molecule has 4 rings (SSSR count). The van der Waals surface area contributed by atoms with E-state index in [1.165, 1.54) is 6.42 Å². The molecule has 2 fully saturated rings. The minimum atomic E-state index is 0.143. The van der Waals surface area contributed by atoms with Crippen LogP contribution >= 0.6 is 0 Å². The Labute approximate surface area is 160 Å².